The number of hydrogen-bond acceptors (Lipinski definition) is 3. The molecule has 0 aliphatic carbocycles. The number of halogens is 1. The number of nitrogens with zero attached hydrogens (tertiary/aromatic N) is 1. The first-order valence-electron chi connectivity index (χ1n) is 8.89. The van der Waals surface area contributed by atoms with Crippen LogP contribution in [-0.4, -0.2) is 35.4 Å². The summed E-state index contributed by atoms with van der Waals surface area (Å²) in [6.45, 7) is 5.72. The molecule has 0 aliphatic heterocycles. The van der Waals surface area contributed by atoms with Gasteiger partial charge in [-0.2, -0.15) is 0 Å². The molecule has 0 aromatic heterocycles. The SMILES string of the molecule is CC(C)NC(=O)C(C)N(Cc1ccc(Br)cc1)C(=O)COc1ccccc1. The highest BCUT2D eigenvalue weighted by Crippen LogP contribution is 2.15. The van der Waals surface area contributed by atoms with Crippen molar-refractivity contribution < 1.29 is 14.3 Å². The highest BCUT2D eigenvalue weighted by atomic mass is 79.9. The number of benzene rings is 2. The van der Waals surface area contributed by atoms with Crippen LogP contribution in [0.3, 0.4) is 0 Å². The van der Waals surface area contributed by atoms with Gasteiger partial charge in [-0.25, -0.2) is 0 Å². The largest absolute Gasteiger partial charge is 0.484 e. The Morgan fingerprint density at radius 1 is 1.04 bits per heavy atom. The lowest BCUT2D eigenvalue weighted by molar-refractivity contribution is -0.142. The molecule has 2 aromatic rings. The van der Waals surface area contributed by atoms with E-state index in [-0.39, 0.29) is 24.5 Å². The number of nitrogens with one attached hydrogen (secondary N) is 1. The van der Waals surface area contributed by atoms with Gasteiger partial charge in [-0.1, -0.05) is 46.3 Å². The molecule has 0 saturated carbocycles. The highest BCUT2D eigenvalue weighted by molar-refractivity contribution is 9.10. The van der Waals surface area contributed by atoms with Crippen molar-refractivity contribution in [1.29, 1.82) is 0 Å². The first kappa shape index (κ1) is 21.0. The zero-order chi connectivity index (χ0) is 19.8. The van der Waals surface area contributed by atoms with Gasteiger partial charge in [0.05, 0.1) is 0 Å². The minimum Gasteiger partial charge on any atom is -0.484 e. The van der Waals surface area contributed by atoms with Crippen molar-refractivity contribution in [3.8, 4) is 5.75 Å². The first-order chi connectivity index (χ1) is 12.9. The fraction of sp³-hybridized carbons (Fsp3) is 0.333. The average molecular weight is 433 g/mol. The number of amides is 2. The Morgan fingerprint density at radius 3 is 2.26 bits per heavy atom. The van der Waals surface area contributed by atoms with Crippen LogP contribution in [0.5, 0.6) is 5.75 Å². The maximum absolute atomic E-state index is 12.8. The minimum absolute atomic E-state index is 0.00477. The van der Waals surface area contributed by atoms with Crippen LogP contribution < -0.4 is 10.1 Å². The summed E-state index contributed by atoms with van der Waals surface area (Å²) in [6.07, 6.45) is 0. The molecule has 0 bridgehead atoms. The number of ether oxygens (including phenoxy) is 1. The molecule has 0 aliphatic rings. The second kappa shape index (κ2) is 10.1. The predicted octanol–water partition coefficient (Wildman–Crippen LogP) is 3.77. The Kier molecular flexibility index (Phi) is 7.85. The summed E-state index contributed by atoms with van der Waals surface area (Å²) in [5, 5.41) is 2.87. The van der Waals surface area contributed by atoms with E-state index in [9.17, 15) is 9.59 Å². The van der Waals surface area contributed by atoms with Crippen LogP contribution in [0.25, 0.3) is 0 Å². The second-order valence-electron chi connectivity index (χ2n) is 6.59. The van der Waals surface area contributed by atoms with Gasteiger partial charge < -0.3 is 15.0 Å². The summed E-state index contributed by atoms with van der Waals surface area (Å²) in [4.78, 5) is 26.8. The number of carbonyl (C=O) groups is 2. The zero-order valence-electron chi connectivity index (χ0n) is 15.8. The summed E-state index contributed by atoms with van der Waals surface area (Å²) in [5.41, 5.74) is 0.940. The molecule has 27 heavy (non-hydrogen) atoms. The molecule has 144 valence electrons. The molecule has 0 fully saturated rings. The molecule has 0 heterocycles. The fourth-order valence-corrected chi connectivity index (χ4v) is 2.78. The van der Waals surface area contributed by atoms with Gasteiger partial charge in [0, 0.05) is 17.1 Å². The molecule has 1 atom stereocenters. The van der Waals surface area contributed by atoms with E-state index in [1.54, 1.807) is 24.0 Å². The highest BCUT2D eigenvalue weighted by Gasteiger charge is 2.26. The molecule has 6 heteroatoms. The average Bonchev–Trinajstić information content (AvgIpc) is 2.65. The smallest absolute Gasteiger partial charge is 0.261 e. The summed E-state index contributed by atoms with van der Waals surface area (Å²) >= 11 is 3.41. The Hall–Kier alpha value is -2.34. The number of hydrogen-bond donors (Lipinski definition) is 1. The number of carbonyl (C=O) groups excluding carboxylic acids is 2. The summed E-state index contributed by atoms with van der Waals surface area (Å²) < 4.78 is 6.55. The van der Waals surface area contributed by atoms with Crippen molar-refractivity contribution in [2.45, 2.75) is 39.4 Å². The Bertz CT molecular complexity index is 748. The maximum Gasteiger partial charge on any atom is 0.261 e. The quantitative estimate of drug-likeness (QED) is 0.690. The van der Waals surface area contributed by atoms with Crippen LogP contribution in [0.4, 0.5) is 0 Å². The van der Waals surface area contributed by atoms with Crippen LogP contribution >= 0.6 is 15.9 Å². The van der Waals surface area contributed by atoms with Gasteiger partial charge in [-0.05, 0) is 50.6 Å². The molecular formula is C21H25BrN2O3. The lowest BCUT2D eigenvalue weighted by Gasteiger charge is -2.29. The van der Waals surface area contributed by atoms with E-state index in [0.717, 1.165) is 10.0 Å². The van der Waals surface area contributed by atoms with Crippen molar-refractivity contribution >= 4 is 27.7 Å². The van der Waals surface area contributed by atoms with Gasteiger partial charge in [-0.3, -0.25) is 9.59 Å². The van der Waals surface area contributed by atoms with Crippen molar-refractivity contribution in [2.75, 3.05) is 6.61 Å². The van der Waals surface area contributed by atoms with E-state index in [1.165, 1.54) is 0 Å². The van der Waals surface area contributed by atoms with E-state index in [4.69, 9.17) is 4.74 Å². The monoisotopic (exact) mass is 432 g/mol. The standard InChI is InChI=1S/C21H25BrN2O3/c1-15(2)23-21(26)16(3)24(13-17-9-11-18(22)12-10-17)20(25)14-27-19-7-5-4-6-8-19/h4-12,15-16H,13-14H2,1-3H3,(H,23,26). The summed E-state index contributed by atoms with van der Waals surface area (Å²) in [7, 11) is 0. The predicted molar refractivity (Wildman–Crippen MR) is 109 cm³/mol. The summed E-state index contributed by atoms with van der Waals surface area (Å²) in [5.74, 6) is 0.192. The van der Waals surface area contributed by atoms with Gasteiger partial charge in [0.1, 0.15) is 11.8 Å². The van der Waals surface area contributed by atoms with E-state index in [0.29, 0.717) is 12.3 Å². The molecule has 0 spiro atoms. The molecule has 1 unspecified atom stereocenters. The van der Waals surface area contributed by atoms with Crippen LogP contribution in [0.1, 0.15) is 26.3 Å². The van der Waals surface area contributed by atoms with E-state index >= 15 is 0 Å². The molecule has 5 nitrogen and oxygen atoms in total. The van der Waals surface area contributed by atoms with Crippen LogP contribution in [0.2, 0.25) is 0 Å². The van der Waals surface area contributed by atoms with Crippen molar-refractivity contribution in [3.05, 3.63) is 64.6 Å². The van der Waals surface area contributed by atoms with Crippen LogP contribution in [-0.2, 0) is 16.1 Å². The van der Waals surface area contributed by atoms with Crippen molar-refractivity contribution in [3.63, 3.8) is 0 Å². The van der Waals surface area contributed by atoms with Crippen molar-refractivity contribution in [2.24, 2.45) is 0 Å². The third-order valence-electron chi connectivity index (χ3n) is 3.97. The van der Waals surface area contributed by atoms with Gasteiger partial charge in [-0.15, -0.1) is 0 Å². The Labute approximate surface area is 168 Å². The third-order valence-corrected chi connectivity index (χ3v) is 4.50. The van der Waals surface area contributed by atoms with E-state index < -0.39 is 6.04 Å². The minimum atomic E-state index is -0.608. The maximum atomic E-state index is 12.8. The second-order valence-corrected chi connectivity index (χ2v) is 7.50. The van der Waals surface area contributed by atoms with Crippen LogP contribution in [0.15, 0.2) is 59.1 Å². The van der Waals surface area contributed by atoms with E-state index in [1.807, 2.05) is 56.3 Å². The van der Waals surface area contributed by atoms with E-state index in [2.05, 4.69) is 21.2 Å². The van der Waals surface area contributed by atoms with Crippen LogP contribution in [0, 0.1) is 0 Å². The molecule has 2 amide bonds. The zero-order valence-corrected chi connectivity index (χ0v) is 17.4. The van der Waals surface area contributed by atoms with Gasteiger partial charge in [0.25, 0.3) is 5.91 Å². The first-order valence-corrected chi connectivity index (χ1v) is 9.68. The number of rotatable bonds is 8. The third kappa shape index (κ3) is 6.71. The molecule has 1 N–H and O–H groups in total. The van der Waals surface area contributed by atoms with Gasteiger partial charge in [0.15, 0.2) is 6.61 Å². The Balaban J connectivity index is 2.12. The normalized spacial score (nSPS) is 11.7. The van der Waals surface area contributed by atoms with Gasteiger partial charge >= 0.3 is 0 Å². The fourth-order valence-electron chi connectivity index (χ4n) is 2.52. The van der Waals surface area contributed by atoms with Crippen molar-refractivity contribution in [1.82, 2.24) is 10.2 Å². The topological polar surface area (TPSA) is 58.6 Å². The molecular weight excluding hydrogens is 408 g/mol. The molecule has 0 radical (unpaired) electrons. The lowest BCUT2D eigenvalue weighted by atomic mass is 10.1. The lowest BCUT2D eigenvalue weighted by Crippen LogP contribution is -2.50. The number of para-hydroxylation sites is 1. The molecule has 0 saturated heterocycles. The Morgan fingerprint density at radius 2 is 1.67 bits per heavy atom. The summed E-state index contributed by atoms with van der Waals surface area (Å²) in [6, 6.07) is 16.2. The molecule has 2 rings (SSSR count). The molecule has 2 aromatic carbocycles. The van der Waals surface area contributed by atoms with Gasteiger partial charge in [0.2, 0.25) is 5.91 Å².